The van der Waals surface area contributed by atoms with Crippen molar-refractivity contribution >= 4 is 46.7 Å². The highest BCUT2D eigenvalue weighted by atomic mass is 127. The molecule has 1 heterocycles. The summed E-state index contributed by atoms with van der Waals surface area (Å²) in [6.07, 6.45) is 9.64. The van der Waals surface area contributed by atoms with E-state index in [4.69, 9.17) is 0 Å². The maximum Gasteiger partial charge on any atom is 0.221 e. The van der Waals surface area contributed by atoms with Crippen LogP contribution in [0.3, 0.4) is 0 Å². The zero-order chi connectivity index (χ0) is 19.6. The number of aromatic nitrogens is 1. The molecule has 1 aliphatic carbocycles. The lowest BCUT2D eigenvalue weighted by atomic mass is 9.95. The van der Waals surface area contributed by atoms with Crippen molar-refractivity contribution in [2.75, 3.05) is 20.1 Å². The van der Waals surface area contributed by atoms with Gasteiger partial charge in [0.15, 0.2) is 5.96 Å². The summed E-state index contributed by atoms with van der Waals surface area (Å²) in [5.74, 6) is 0.886. The van der Waals surface area contributed by atoms with E-state index in [2.05, 4.69) is 62.0 Å². The summed E-state index contributed by atoms with van der Waals surface area (Å²) in [4.78, 5) is 16.3. The predicted octanol–water partition coefficient (Wildman–Crippen LogP) is 3.65. The number of halogens is 1. The van der Waals surface area contributed by atoms with E-state index >= 15 is 0 Å². The second-order valence-electron chi connectivity index (χ2n) is 7.50. The number of carbonyl (C=O) groups is 1. The number of nitrogens with one attached hydrogen (secondary N) is 3. The van der Waals surface area contributed by atoms with Gasteiger partial charge in [0.1, 0.15) is 0 Å². The van der Waals surface area contributed by atoms with E-state index in [1.54, 1.807) is 7.05 Å². The summed E-state index contributed by atoms with van der Waals surface area (Å²) < 4.78 is 2.28. The fourth-order valence-corrected chi connectivity index (χ4v) is 3.85. The molecule has 3 rings (SSSR count). The molecule has 1 saturated carbocycles. The van der Waals surface area contributed by atoms with Crippen LogP contribution < -0.4 is 16.0 Å². The summed E-state index contributed by atoms with van der Waals surface area (Å²) in [7, 11) is 1.76. The largest absolute Gasteiger partial charge is 0.356 e. The van der Waals surface area contributed by atoms with Gasteiger partial charge in [0.2, 0.25) is 5.91 Å². The lowest BCUT2D eigenvalue weighted by Crippen LogP contribution is -2.41. The van der Waals surface area contributed by atoms with Gasteiger partial charge in [0.25, 0.3) is 0 Å². The first kappa shape index (κ1) is 23.5. The first-order valence-electron chi connectivity index (χ1n) is 10.5. The fraction of sp³-hybridized carbons (Fsp3) is 0.545. The van der Waals surface area contributed by atoms with Crippen molar-refractivity contribution in [3.8, 4) is 0 Å². The summed E-state index contributed by atoms with van der Waals surface area (Å²) in [6.45, 7) is 2.39. The molecule has 3 N–H and O–H groups in total. The van der Waals surface area contributed by atoms with Gasteiger partial charge < -0.3 is 20.5 Å². The van der Waals surface area contributed by atoms with E-state index < -0.39 is 0 Å². The molecule has 1 aromatic heterocycles. The second kappa shape index (κ2) is 12.7. The van der Waals surface area contributed by atoms with Gasteiger partial charge in [-0.05, 0) is 36.8 Å². The summed E-state index contributed by atoms with van der Waals surface area (Å²) in [5.41, 5.74) is 1.27. The van der Waals surface area contributed by atoms with E-state index in [1.807, 2.05) is 0 Å². The van der Waals surface area contributed by atoms with Crippen molar-refractivity contribution < 1.29 is 4.79 Å². The van der Waals surface area contributed by atoms with Crippen LogP contribution in [0.25, 0.3) is 10.9 Å². The molecule has 2 aromatic rings. The van der Waals surface area contributed by atoms with Gasteiger partial charge in [-0.15, -0.1) is 24.0 Å². The number of benzene rings is 1. The third-order valence-corrected chi connectivity index (χ3v) is 5.39. The van der Waals surface area contributed by atoms with Crippen LogP contribution in [0.15, 0.2) is 41.5 Å². The van der Waals surface area contributed by atoms with Crippen molar-refractivity contribution in [3.05, 3.63) is 36.5 Å². The number of hydrogen-bond donors (Lipinski definition) is 3. The molecule has 0 unspecified atom stereocenters. The minimum Gasteiger partial charge on any atom is -0.356 e. The number of fused-ring (bicyclic) bond motifs is 1. The van der Waals surface area contributed by atoms with Gasteiger partial charge in [-0.25, -0.2) is 0 Å². The molecular weight excluding hydrogens is 477 g/mol. The monoisotopic (exact) mass is 511 g/mol. The Bertz CT molecular complexity index is 782. The van der Waals surface area contributed by atoms with Crippen molar-refractivity contribution in [3.63, 3.8) is 0 Å². The standard InChI is InChI=1S/C22H33N5O.HI/c1-23-22(25-15-12-21(28)26-19-9-3-2-4-10-19)24-14-7-16-27-17-13-18-8-5-6-11-20(18)27;/h5-6,8,11,13,17,19H,2-4,7,9-10,12,14-16H2,1H3,(H,26,28)(H2,23,24,25);1H. The molecule has 1 fully saturated rings. The van der Waals surface area contributed by atoms with Crippen LogP contribution in [-0.4, -0.2) is 42.6 Å². The van der Waals surface area contributed by atoms with Gasteiger partial charge >= 0.3 is 0 Å². The van der Waals surface area contributed by atoms with Crippen LogP contribution >= 0.6 is 24.0 Å². The number of nitrogens with zero attached hydrogens (tertiary/aromatic N) is 2. The number of hydrogen-bond acceptors (Lipinski definition) is 2. The van der Waals surface area contributed by atoms with E-state index in [0.29, 0.717) is 19.0 Å². The Morgan fingerprint density at radius 1 is 1.10 bits per heavy atom. The molecule has 0 saturated heterocycles. The van der Waals surface area contributed by atoms with Crippen LogP contribution in [0.1, 0.15) is 44.9 Å². The number of guanidine groups is 1. The number of amides is 1. The highest BCUT2D eigenvalue weighted by Crippen LogP contribution is 2.17. The molecule has 0 atom stereocenters. The molecule has 6 nitrogen and oxygen atoms in total. The third kappa shape index (κ3) is 7.53. The average Bonchev–Trinajstić information content (AvgIpc) is 3.13. The average molecular weight is 511 g/mol. The molecule has 0 spiro atoms. The van der Waals surface area contributed by atoms with Gasteiger partial charge in [0.05, 0.1) is 0 Å². The van der Waals surface area contributed by atoms with Crippen molar-refractivity contribution in [2.24, 2.45) is 4.99 Å². The van der Waals surface area contributed by atoms with Crippen molar-refractivity contribution in [1.29, 1.82) is 0 Å². The Kier molecular flexibility index (Phi) is 10.3. The molecule has 160 valence electrons. The number of rotatable bonds is 8. The Morgan fingerprint density at radius 2 is 1.86 bits per heavy atom. The highest BCUT2D eigenvalue weighted by molar-refractivity contribution is 14.0. The van der Waals surface area contributed by atoms with Gasteiger partial charge in [-0.1, -0.05) is 37.5 Å². The summed E-state index contributed by atoms with van der Waals surface area (Å²) in [6, 6.07) is 11.0. The highest BCUT2D eigenvalue weighted by Gasteiger charge is 2.15. The van der Waals surface area contributed by atoms with E-state index in [-0.39, 0.29) is 29.9 Å². The predicted molar refractivity (Wildman–Crippen MR) is 131 cm³/mol. The Labute approximate surface area is 190 Å². The lowest BCUT2D eigenvalue weighted by Gasteiger charge is -2.22. The SMILES string of the molecule is CN=C(NCCCn1ccc2ccccc21)NCCC(=O)NC1CCCCC1.I. The minimum atomic E-state index is 0. The van der Waals surface area contributed by atoms with Gasteiger partial charge in [-0.2, -0.15) is 0 Å². The van der Waals surface area contributed by atoms with E-state index in [0.717, 1.165) is 38.3 Å². The summed E-state index contributed by atoms with van der Waals surface area (Å²) in [5, 5.41) is 11.0. The lowest BCUT2D eigenvalue weighted by molar-refractivity contribution is -0.121. The molecule has 0 radical (unpaired) electrons. The smallest absolute Gasteiger partial charge is 0.221 e. The van der Waals surface area contributed by atoms with Crippen LogP contribution in [0.4, 0.5) is 0 Å². The normalized spacial score (nSPS) is 15.0. The molecule has 0 aliphatic heterocycles. The Morgan fingerprint density at radius 3 is 2.66 bits per heavy atom. The quantitative estimate of drug-likeness (QED) is 0.219. The number of aryl methyl sites for hydroxylation is 1. The van der Waals surface area contributed by atoms with Crippen molar-refractivity contribution in [2.45, 2.75) is 57.5 Å². The summed E-state index contributed by atoms with van der Waals surface area (Å²) >= 11 is 0. The fourth-order valence-electron chi connectivity index (χ4n) is 3.85. The van der Waals surface area contributed by atoms with Crippen LogP contribution in [0, 0.1) is 0 Å². The van der Waals surface area contributed by atoms with E-state index in [9.17, 15) is 4.79 Å². The van der Waals surface area contributed by atoms with Crippen LogP contribution in [-0.2, 0) is 11.3 Å². The Hall–Kier alpha value is -1.77. The molecule has 1 aliphatic rings. The number of aliphatic imine (C=N–C) groups is 1. The Balaban J connectivity index is 0.00000300. The molecule has 29 heavy (non-hydrogen) atoms. The number of carbonyl (C=O) groups excluding carboxylic acids is 1. The van der Waals surface area contributed by atoms with Crippen LogP contribution in [0.5, 0.6) is 0 Å². The molecule has 1 aromatic carbocycles. The molecule has 0 bridgehead atoms. The zero-order valence-electron chi connectivity index (χ0n) is 17.3. The first-order chi connectivity index (χ1) is 13.8. The topological polar surface area (TPSA) is 70.5 Å². The molecule has 7 heteroatoms. The number of para-hydroxylation sites is 1. The third-order valence-electron chi connectivity index (χ3n) is 5.39. The maximum absolute atomic E-state index is 12.1. The first-order valence-corrected chi connectivity index (χ1v) is 10.5. The molecular formula is C22H34IN5O. The minimum absolute atomic E-state index is 0. The zero-order valence-corrected chi connectivity index (χ0v) is 19.7. The second-order valence-corrected chi connectivity index (χ2v) is 7.50. The van der Waals surface area contributed by atoms with Crippen LogP contribution in [0.2, 0.25) is 0 Å². The van der Waals surface area contributed by atoms with Gasteiger partial charge in [0, 0.05) is 50.9 Å². The molecule has 1 amide bonds. The van der Waals surface area contributed by atoms with E-state index in [1.165, 1.54) is 30.2 Å². The van der Waals surface area contributed by atoms with Crippen molar-refractivity contribution in [1.82, 2.24) is 20.5 Å². The maximum atomic E-state index is 12.1. The van der Waals surface area contributed by atoms with Gasteiger partial charge in [-0.3, -0.25) is 9.79 Å².